The number of carbonyl (C=O) groups excluding carboxylic acids is 1. The first-order chi connectivity index (χ1) is 26.1. The van der Waals surface area contributed by atoms with E-state index in [4.69, 9.17) is 24.3 Å². The zero-order chi connectivity index (χ0) is 37.7. The number of benzene rings is 3. The number of nitrogens with zero attached hydrogens (tertiary/aromatic N) is 6. The Hall–Kier alpha value is -5.13. The topological polar surface area (TPSA) is 105 Å². The van der Waals surface area contributed by atoms with E-state index >= 15 is 0 Å². The fraction of sp³-hybridized carbons (Fsp3) is 0.419. The number of fused-ring (bicyclic) bond motifs is 1. The average Bonchev–Trinajstić information content (AvgIpc) is 3.51. The van der Waals surface area contributed by atoms with Crippen LogP contribution in [0, 0.1) is 5.92 Å². The number of rotatable bonds is 11. The maximum Gasteiger partial charge on any atom is 0.410 e. The second-order valence-electron chi connectivity index (χ2n) is 15.4. The fourth-order valence-corrected chi connectivity index (χ4v) is 7.43. The van der Waals surface area contributed by atoms with Gasteiger partial charge in [0.05, 0.1) is 23.7 Å². The number of pyridine rings is 1. The number of hydrogen-bond donors (Lipinski definition) is 1. The molecule has 0 saturated carbocycles. The molecule has 54 heavy (non-hydrogen) atoms. The zero-order valence-corrected chi connectivity index (χ0v) is 31.9. The third-order valence-corrected chi connectivity index (χ3v) is 10.3. The van der Waals surface area contributed by atoms with Gasteiger partial charge in [0, 0.05) is 63.5 Å². The third kappa shape index (κ3) is 8.97. The van der Waals surface area contributed by atoms with Crippen molar-refractivity contribution in [2.24, 2.45) is 13.0 Å². The smallest absolute Gasteiger partial charge is 0.410 e. The summed E-state index contributed by atoms with van der Waals surface area (Å²) >= 11 is 0. The summed E-state index contributed by atoms with van der Waals surface area (Å²) < 4.78 is 20.0. The highest BCUT2D eigenvalue weighted by Crippen LogP contribution is 2.37. The first kappa shape index (κ1) is 37.2. The summed E-state index contributed by atoms with van der Waals surface area (Å²) in [5, 5.41) is 16.1. The lowest BCUT2D eigenvalue weighted by Crippen LogP contribution is -2.58. The normalized spacial score (nSPS) is 17.2. The van der Waals surface area contributed by atoms with Crippen molar-refractivity contribution in [2.75, 3.05) is 50.8 Å². The van der Waals surface area contributed by atoms with Crippen molar-refractivity contribution in [3.8, 4) is 23.0 Å². The van der Waals surface area contributed by atoms with Gasteiger partial charge in [-0.2, -0.15) is 10.1 Å². The van der Waals surface area contributed by atoms with E-state index < -0.39 is 5.60 Å². The van der Waals surface area contributed by atoms with Crippen molar-refractivity contribution in [1.82, 2.24) is 24.6 Å². The van der Waals surface area contributed by atoms with E-state index in [9.17, 15) is 9.90 Å². The van der Waals surface area contributed by atoms with E-state index in [1.54, 1.807) is 4.90 Å². The van der Waals surface area contributed by atoms with Gasteiger partial charge >= 0.3 is 6.09 Å². The van der Waals surface area contributed by atoms with Crippen LogP contribution in [0.4, 0.5) is 10.5 Å². The first-order valence-corrected chi connectivity index (χ1v) is 19.0. The van der Waals surface area contributed by atoms with Gasteiger partial charge in [-0.25, -0.2) is 4.79 Å². The second-order valence-corrected chi connectivity index (χ2v) is 15.4. The molecular weight excluding hydrogens is 681 g/mol. The highest BCUT2D eigenvalue weighted by Gasteiger charge is 2.34. The van der Waals surface area contributed by atoms with E-state index in [0.29, 0.717) is 44.0 Å². The summed E-state index contributed by atoms with van der Waals surface area (Å²) in [6.07, 6.45) is 1.82. The molecule has 0 radical (unpaired) electrons. The van der Waals surface area contributed by atoms with Crippen molar-refractivity contribution < 1.29 is 24.1 Å². The van der Waals surface area contributed by atoms with Crippen LogP contribution in [0.5, 0.6) is 11.8 Å². The molecule has 3 aromatic carbocycles. The molecule has 0 spiro atoms. The summed E-state index contributed by atoms with van der Waals surface area (Å²) in [5.74, 6) is 1.53. The Bertz CT molecular complexity index is 2010. The number of aryl methyl sites for hydroxylation is 1. The SMILES string of the molecule is Cn1nc(-c2ccc(OCc3ccccc3)nc2OCc2ccccc2)c2ccc(N3CCC(CN4CCN(C(=O)OC(C)(C)C)[C@@H](CO)C4)CC3)cc21. The van der Waals surface area contributed by atoms with Gasteiger partial charge in [-0.05, 0) is 74.9 Å². The predicted molar refractivity (Wildman–Crippen MR) is 211 cm³/mol. The predicted octanol–water partition coefficient (Wildman–Crippen LogP) is 6.92. The average molecular weight is 733 g/mol. The number of piperazine rings is 1. The van der Waals surface area contributed by atoms with E-state index in [2.05, 4.69) is 28.0 Å². The van der Waals surface area contributed by atoms with Crippen LogP contribution in [0.2, 0.25) is 0 Å². The highest BCUT2D eigenvalue weighted by atomic mass is 16.6. The minimum atomic E-state index is -0.560. The van der Waals surface area contributed by atoms with E-state index in [1.807, 2.05) is 105 Å². The fourth-order valence-electron chi connectivity index (χ4n) is 7.43. The minimum Gasteiger partial charge on any atom is -0.473 e. The van der Waals surface area contributed by atoms with Crippen molar-refractivity contribution in [1.29, 1.82) is 0 Å². The molecule has 1 amide bonds. The van der Waals surface area contributed by atoms with Crippen LogP contribution < -0.4 is 14.4 Å². The minimum absolute atomic E-state index is 0.0700. The van der Waals surface area contributed by atoms with Crippen LogP contribution >= 0.6 is 0 Å². The van der Waals surface area contributed by atoms with Gasteiger partial charge in [0.1, 0.15) is 24.5 Å². The number of aromatic nitrogens is 3. The number of piperidine rings is 1. The molecule has 11 nitrogen and oxygen atoms in total. The molecular formula is C43H52N6O5. The monoisotopic (exact) mass is 732 g/mol. The lowest BCUT2D eigenvalue weighted by Gasteiger charge is -2.43. The molecule has 0 unspecified atom stereocenters. The van der Waals surface area contributed by atoms with Gasteiger partial charge in [0.2, 0.25) is 11.8 Å². The number of aliphatic hydroxyl groups is 1. The van der Waals surface area contributed by atoms with Gasteiger partial charge in [0.25, 0.3) is 0 Å². The molecule has 1 N–H and O–H groups in total. The third-order valence-electron chi connectivity index (χ3n) is 10.3. The van der Waals surface area contributed by atoms with Crippen LogP contribution in [-0.4, -0.2) is 93.3 Å². The van der Waals surface area contributed by atoms with Crippen LogP contribution in [0.15, 0.2) is 91.0 Å². The van der Waals surface area contributed by atoms with Crippen LogP contribution in [0.1, 0.15) is 44.7 Å². The van der Waals surface area contributed by atoms with Crippen molar-refractivity contribution in [3.63, 3.8) is 0 Å². The molecule has 2 aromatic heterocycles. The van der Waals surface area contributed by atoms with Crippen molar-refractivity contribution in [3.05, 3.63) is 102 Å². The molecule has 0 bridgehead atoms. The number of ether oxygens (including phenoxy) is 3. The summed E-state index contributed by atoms with van der Waals surface area (Å²) in [6, 6.07) is 30.4. The van der Waals surface area contributed by atoms with Crippen molar-refractivity contribution in [2.45, 2.75) is 58.5 Å². The largest absolute Gasteiger partial charge is 0.473 e. The molecule has 2 saturated heterocycles. The van der Waals surface area contributed by atoms with Gasteiger partial charge in [-0.15, -0.1) is 0 Å². The molecule has 11 heteroatoms. The summed E-state index contributed by atoms with van der Waals surface area (Å²) in [5.41, 5.74) is 5.41. The Morgan fingerprint density at radius 3 is 2.20 bits per heavy atom. The van der Waals surface area contributed by atoms with E-state index in [-0.39, 0.29) is 18.7 Å². The second kappa shape index (κ2) is 16.5. The molecule has 2 aliphatic heterocycles. The van der Waals surface area contributed by atoms with Crippen LogP contribution in [0.25, 0.3) is 22.2 Å². The molecule has 284 valence electrons. The number of carbonyl (C=O) groups is 1. The number of amides is 1. The van der Waals surface area contributed by atoms with Gasteiger partial charge in [-0.3, -0.25) is 9.58 Å². The van der Waals surface area contributed by atoms with Gasteiger partial charge in [0.15, 0.2) is 0 Å². The number of hydrogen-bond acceptors (Lipinski definition) is 9. The Balaban J connectivity index is 1.02. The molecule has 0 aliphatic carbocycles. The lowest BCUT2D eigenvalue weighted by atomic mass is 9.95. The number of aliphatic hydroxyl groups excluding tert-OH is 1. The van der Waals surface area contributed by atoms with E-state index in [1.165, 1.54) is 5.69 Å². The lowest BCUT2D eigenvalue weighted by molar-refractivity contribution is -0.0139. The molecule has 2 aliphatic rings. The molecule has 7 rings (SSSR count). The quantitative estimate of drug-likeness (QED) is 0.155. The Labute approximate surface area is 318 Å². The molecule has 2 fully saturated rings. The Kier molecular flexibility index (Phi) is 11.4. The van der Waals surface area contributed by atoms with Gasteiger partial charge < -0.3 is 29.1 Å². The summed E-state index contributed by atoms with van der Waals surface area (Å²) in [4.78, 5) is 24.1. The Morgan fingerprint density at radius 1 is 0.852 bits per heavy atom. The van der Waals surface area contributed by atoms with Crippen LogP contribution in [0.3, 0.4) is 0 Å². The maximum absolute atomic E-state index is 12.7. The number of anilines is 1. The summed E-state index contributed by atoms with van der Waals surface area (Å²) in [7, 11) is 1.99. The standard InChI is InChI=1S/C43H52N6O5/c1-43(2,3)54-42(51)49-24-23-47(27-35(49)28-50)26-31-19-21-48(22-20-31)34-15-16-36-38(25-34)46(4)45-40(36)37-17-18-39(52-29-32-11-7-5-8-12-32)44-41(37)53-30-33-13-9-6-10-14-33/h5-18,25,31,35,50H,19-24,26-30H2,1-4H3/t35-/m1/s1. The molecule has 4 heterocycles. The summed E-state index contributed by atoms with van der Waals surface area (Å²) in [6.45, 7) is 11.2. The molecule has 1 atom stereocenters. The van der Waals surface area contributed by atoms with Crippen molar-refractivity contribution >= 4 is 22.7 Å². The first-order valence-electron chi connectivity index (χ1n) is 19.0. The van der Waals surface area contributed by atoms with E-state index in [0.717, 1.165) is 72.3 Å². The highest BCUT2D eigenvalue weighted by molar-refractivity contribution is 5.96. The Morgan fingerprint density at radius 2 is 1.54 bits per heavy atom. The maximum atomic E-state index is 12.7. The molecule has 5 aromatic rings. The zero-order valence-electron chi connectivity index (χ0n) is 31.9. The van der Waals surface area contributed by atoms with Crippen LogP contribution in [-0.2, 0) is 25.0 Å². The van der Waals surface area contributed by atoms with Gasteiger partial charge in [-0.1, -0.05) is 60.7 Å².